The van der Waals surface area contributed by atoms with Gasteiger partial charge >= 0.3 is 5.97 Å². The van der Waals surface area contributed by atoms with Gasteiger partial charge in [-0.3, -0.25) is 14.4 Å². The van der Waals surface area contributed by atoms with Crippen LogP contribution in [-0.4, -0.2) is 40.7 Å². The molecule has 1 aromatic carbocycles. The number of carbonyl (C=O) groups is 2. The van der Waals surface area contributed by atoms with Crippen LogP contribution in [0.15, 0.2) is 23.1 Å². The first-order valence-corrected chi connectivity index (χ1v) is 9.74. The zero-order chi connectivity index (χ0) is 21.0. The molecule has 0 aliphatic heterocycles. The van der Waals surface area contributed by atoms with Gasteiger partial charge in [0.15, 0.2) is 0 Å². The second-order valence-corrected chi connectivity index (χ2v) is 7.26. The van der Waals surface area contributed by atoms with Gasteiger partial charge in [0.25, 0.3) is 5.91 Å². The highest BCUT2D eigenvalue weighted by molar-refractivity contribution is 5.98. The van der Waals surface area contributed by atoms with Crippen molar-refractivity contribution in [2.75, 3.05) is 18.4 Å². The zero-order valence-corrected chi connectivity index (χ0v) is 16.0. The van der Waals surface area contributed by atoms with Crippen LogP contribution < -0.4 is 21.8 Å². The van der Waals surface area contributed by atoms with E-state index in [0.29, 0.717) is 17.7 Å². The number of fused-ring (bicyclic) bond motifs is 1. The first-order chi connectivity index (χ1) is 13.9. The lowest BCUT2D eigenvalue weighted by Gasteiger charge is -2.24. The summed E-state index contributed by atoms with van der Waals surface area (Å²) < 4.78 is 16.4. The summed E-state index contributed by atoms with van der Waals surface area (Å²) in [5.74, 6) is -2.62. The summed E-state index contributed by atoms with van der Waals surface area (Å²) >= 11 is 0. The number of rotatable bonds is 7. The molecule has 8 nitrogen and oxygen atoms in total. The molecule has 156 valence electrons. The molecule has 0 saturated heterocycles. The molecule has 1 aliphatic rings. The minimum Gasteiger partial charge on any atom is -0.480 e. The molecule has 0 atom stereocenters. The lowest BCUT2D eigenvalue weighted by atomic mass is 9.95. The van der Waals surface area contributed by atoms with E-state index in [4.69, 9.17) is 10.8 Å². The molecule has 5 N–H and O–H groups in total. The Morgan fingerprint density at radius 1 is 1.24 bits per heavy atom. The van der Waals surface area contributed by atoms with Crippen LogP contribution >= 0.6 is 0 Å². The van der Waals surface area contributed by atoms with Crippen LogP contribution in [0.5, 0.6) is 0 Å². The number of pyridine rings is 1. The molecule has 0 bridgehead atoms. The number of benzene rings is 1. The number of nitrogens with one attached hydrogen (secondary N) is 2. The lowest BCUT2D eigenvalue weighted by Crippen LogP contribution is -2.33. The van der Waals surface area contributed by atoms with Crippen molar-refractivity contribution in [2.45, 2.75) is 44.7 Å². The van der Waals surface area contributed by atoms with E-state index in [0.717, 1.165) is 31.7 Å². The fourth-order valence-corrected chi connectivity index (χ4v) is 3.72. The number of hydrogen-bond donors (Lipinski definition) is 4. The fraction of sp³-hybridized carbons (Fsp3) is 0.450. The molecule has 3 rings (SSSR count). The summed E-state index contributed by atoms with van der Waals surface area (Å²) in [7, 11) is 0. The Morgan fingerprint density at radius 2 is 1.97 bits per heavy atom. The van der Waals surface area contributed by atoms with Gasteiger partial charge in [0.05, 0.1) is 11.2 Å². The van der Waals surface area contributed by atoms with Gasteiger partial charge in [-0.15, -0.1) is 0 Å². The normalized spacial score (nSPS) is 14.7. The molecule has 9 heteroatoms. The molecule has 1 saturated carbocycles. The Hall–Kier alpha value is -2.94. The molecule has 0 spiro atoms. The highest BCUT2D eigenvalue weighted by Gasteiger charge is 2.20. The monoisotopic (exact) mass is 404 g/mol. The van der Waals surface area contributed by atoms with Gasteiger partial charge < -0.3 is 26.0 Å². The first-order valence-electron chi connectivity index (χ1n) is 9.74. The van der Waals surface area contributed by atoms with Crippen LogP contribution in [0.2, 0.25) is 0 Å². The van der Waals surface area contributed by atoms with E-state index >= 15 is 0 Å². The van der Waals surface area contributed by atoms with Crippen LogP contribution in [0, 0.1) is 5.82 Å². The topological polar surface area (TPSA) is 126 Å². The lowest BCUT2D eigenvalue weighted by molar-refractivity contribution is -0.135. The van der Waals surface area contributed by atoms with Gasteiger partial charge in [-0.2, -0.15) is 0 Å². The minimum absolute atomic E-state index is 0.0492. The van der Waals surface area contributed by atoms with E-state index in [1.165, 1.54) is 12.6 Å². The Morgan fingerprint density at radius 3 is 2.62 bits per heavy atom. The summed E-state index contributed by atoms with van der Waals surface area (Å²) in [6.45, 7) is -0.0623. The third kappa shape index (κ3) is 4.73. The summed E-state index contributed by atoms with van der Waals surface area (Å²) in [4.78, 5) is 35.7. The van der Waals surface area contributed by atoms with E-state index < -0.39 is 29.7 Å². The third-order valence-corrected chi connectivity index (χ3v) is 5.15. The number of carboxylic acids is 1. The van der Waals surface area contributed by atoms with Gasteiger partial charge in [0.2, 0.25) is 5.43 Å². The molecule has 0 radical (unpaired) electrons. The predicted octanol–water partition coefficient (Wildman–Crippen LogP) is 1.66. The quantitative estimate of drug-likeness (QED) is 0.556. The van der Waals surface area contributed by atoms with E-state index in [2.05, 4.69) is 10.6 Å². The van der Waals surface area contributed by atoms with Gasteiger partial charge in [0.1, 0.15) is 17.9 Å². The molecular weight excluding hydrogens is 379 g/mol. The third-order valence-electron chi connectivity index (χ3n) is 5.15. The van der Waals surface area contributed by atoms with Crippen LogP contribution in [0.3, 0.4) is 0 Å². The summed E-state index contributed by atoms with van der Waals surface area (Å²) in [5.41, 5.74) is 5.55. The van der Waals surface area contributed by atoms with Crippen molar-refractivity contribution in [3.63, 3.8) is 0 Å². The maximum absolute atomic E-state index is 14.7. The second-order valence-electron chi connectivity index (χ2n) is 7.26. The first kappa shape index (κ1) is 20.8. The average Bonchev–Trinajstić information content (AvgIpc) is 2.70. The smallest absolute Gasteiger partial charge is 0.322 e. The number of carbonyl (C=O) groups excluding carboxylic acids is 1. The maximum Gasteiger partial charge on any atom is 0.322 e. The number of nitrogens with two attached hydrogens (primary N) is 1. The Balaban J connectivity index is 2.03. The number of amides is 1. The van der Waals surface area contributed by atoms with Crippen molar-refractivity contribution in [3.05, 3.63) is 39.9 Å². The van der Waals surface area contributed by atoms with Crippen molar-refractivity contribution in [1.82, 2.24) is 9.88 Å². The van der Waals surface area contributed by atoms with E-state index in [1.54, 1.807) is 10.6 Å². The summed E-state index contributed by atoms with van der Waals surface area (Å²) in [6.07, 6.45) is 6.66. The molecule has 2 aromatic rings. The van der Waals surface area contributed by atoms with E-state index in [9.17, 15) is 18.8 Å². The maximum atomic E-state index is 14.7. The summed E-state index contributed by atoms with van der Waals surface area (Å²) in [6, 6.07) is 2.89. The molecule has 1 aliphatic carbocycles. The number of aromatic nitrogens is 1. The number of anilines is 1. The van der Waals surface area contributed by atoms with Crippen molar-refractivity contribution >= 4 is 28.5 Å². The number of hydrogen-bond acceptors (Lipinski definition) is 5. The van der Waals surface area contributed by atoms with Crippen molar-refractivity contribution in [2.24, 2.45) is 5.73 Å². The molecule has 0 unspecified atom stereocenters. The van der Waals surface area contributed by atoms with Crippen LogP contribution in [-0.2, 0) is 11.3 Å². The number of halogens is 1. The molecule has 1 aromatic heterocycles. The number of aliphatic carboxylic acids is 1. The number of nitrogens with zero attached hydrogens (tertiary/aromatic N) is 1. The molecular formula is C20H25FN4O4. The van der Waals surface area contributed by atoms with E-state index in [1.807, 2.05) is 0 Å². The average molecular weight is 404 g/mol. The van der Waals surface area contributed by atoms with E-state index in [-0.39, 0.29) is 23.5 Å². The summed E-state index contributed by atoms with van der Waals surface area (Å²) in [5, 5.41) is 14.2. The van der Waals surface area contributed by atoms with Crippen molar-refractivity contribution < 1.29 is 19.1 Å². The highest BCUT2D eigenvalue weighted by atomic mass is 19.1. The van der Waals surface area contributed by atoms with Crippen molar-refractivity contribution in [3.8, 4) is 0 Å². The largest absolute Gasteiger partial charge is 0.480 e. The standard InChI is InChI=1S/C20H25FN4O4/c21-15-8-13-17(9-16(15)24-12-4-2-1-3-5-12)25(7-6-22)11-14(19(13)28)20(29)23-10-18(26)27/h8-9,11-12,24H,1-7,10,22H2,(H,23,29)(H,26,27). The number of carboxylic acid groups (broad SMARTS) is 1. The Kier molecular flexibility index (Phi) is 6.48. The Bertz CT molecular complexity index is 983. The van der Waals surface area contributed by atoms with Crippen LogP contribution in [0.4, 0.5) is 10.1 Å². The van der Waals surface area contributed by atoms with Gasteiger partial charge in [-0.05, 0) is 25.0 Å². The van der Waals surface area contributed by atoms with Crippen LogP contribution in [0.1, 0.15) is 42.5 Å². The van der Waals surface area contributed by atoms with Gasteiger partial charge in [-0.25, -0.2) is 4.39 Å². The fourth-order valence-electron chi connectivity index (χ4n) is 3.72. The zero-order valence-electron chi connectivity index (χ0n) is 16.0. The SMILES string of the molecule is NCCn1cc(C(=O)NCC(=O)O)c(=O)c2cc(F)c(NC3CCCCC3)cc21. The Labute approximate surface area is 166 Å². The van der Waals surface area contributed by atoms with Gasteiger partial charge in [-0.1, -0.05) is 19.3 Å². The molecule has 1 amide bonds. The van der Waals surface area contributed by atoms with Gasteiger partial charge in [0, 0.05) is 30.7 Å². The molecule has 29 heavy (non-hydrogen) atoms. The van der Waals surface area contributed by atoms with Crippen molar-refractivity contribution in [1.29, 1.82) is 0 Å². The minimum atomic E-state index is -1.23. The van der Waals surface area contributed by atoms with Crippen LogP contribution in [0.25, 0.3) is 10.9 Å². The second kappa shape index (κ2) is 9.04. The molecule has 1 fully saturated rings. The molecule has 1 heterocycles. The predicted molar refractivity (Wildman–Crippen MR) is 108 cm³/mol. The highest BCUT2D eigenvalue weighted by Crippen LogP contribution is 2.26.